The maximum Gasteiger partial charge on any atom is 0.225 e. The number of amides is 1. The average molecular weight is 309 g/mol. The van der Waals surface area contributed by atoms with E-state index in [-0.39, 0.29) is 11.3 Å². The third kappa shape index (κ3) is 5.26. The minimum atomic E-state index is -0.284. The number of nitrogens with one attached hydrogen (secondary N) is 1. The fourth-order valence-corrected chi connectivity index (χ4v) is 4.13. The average Bonchev–Trinajstić information content (AvgIpc) is 2.90. The molecule has 1 aliphatic carbocycles. The number of carbonyl (C=O) groups is 1. The minimum Gasteiger partial charge on any atom is -0.352 e. The van der Waals surface area contributed by atoms with E-state index in [0.717, 1.165) is 24.8 Å². The number of piperidine rings is 1. The molecule has 2 unspecified atom stereocenters. The van der Waals surface area contributed by atoms with E-state index < -0.39 is 0 Å². The van der Waals surface area contributed by atoms with Gasteiger partial charge in [-0.25, -0.2) is 0 Å². The van der Waals surface area contributed by atoms with Gasteiger partial charge in [-0.3, -0.25) is 4.79 Å². The van der Waals surface area contributed by atoms with Crippen LogP contribution < -0.4 is 5.32 Å². The molecule has 0 radical (unpaired) electrons. The Morgan fingerprint density at radius 2 is 1.82 bits per heavy atom. The summed E-state index contributed by atoms with van der Waals surface area (Å²) in [5.41, 5.74) is -0.284. The molecule has 2 aliphatic rings. The van der Waals surface area contributed by atoms with Crippen molar-refractivity contribution in [1.82, 2.24) is 10.2 Å². The van der Waals surface area contributed by atoms with Crippen LogP contribution in [0.3, 0.4) is 0 Å². The standard InChI is InChI=1S/C19H36N2O/c1-5-8-16-11-17(20-18(22)19(2,3)4)14-21(13-16)12-15-9-6-7-10-15/h15-17H,5-14H2,1-4H3,(H,20,22). The van der Waals surface area contributed by atoms with Crippen LogP contribution in [0.25, 0.3) is 0 Å². The molecule has 3 heteroatoms. The van der Waals surface area contributed by atoms with Crippen LogP contribution in [-0.2, 0) is 4.79 Å². The Balaban J connectivity index is 1.91. The smallest absolute Gasteiger partial charge is 0.225 e. The molecule has 1 saturated heterocycles. The third-order valence-corrected chi connectivity index (χ3v) is 5.32. The lowest BCUT2D eigenvalue weighted by Crippen LogP contribution is -2.53. The SMILES string of the molecule is CCCC1CC(NC(=O)C(C)(C)C)CN(CC2CCCC2)C1. The summed E-state index contributed by atoms with van der Waals surface area (Å²) in [6.07, 6.45) is 9.37. The highest BCUT2D eigenvalue weighted by molar-refractivity contribution is 5.81. The van der Waals surface area contributed by atoms with Crippen molar-refractivity contribution in [2.45, 2.75) is 78.7 Å². The topological polar surface area (TPSA) is 32.3 Å². The number of hydrogen-bond donors (Lipinski definition) is 1. The highest BCUT2D eigenvalue weighted by atomic mass is 16.2. The fourth-order valence-electron chi connectivity index (χ4n) is 4.13. The maximum absolute atomic E-state index is 12.3. The summed E-state index contributed by atoms with van der Waals surface area (Å²) in [6, 6.07) is 0.346. The Morgan fingerprint density at radius 1 is 1.14 bits per heavy atom. The van der Waals surface area contributed by atoms with Crippen LogP contribution >= 0.6 is 0 Å². The lowest BCUT2D eigenvalue weighted by molar-refractivity contribution is -0.129. The van der Waals surface area contributed by atoms with Gasteiger partial charge in [0.25, 0.3) is 0 Å². The second kappa shape index (κ2) is 7.81. The quantitative estimate of drug-likeness (QED) is 0.837. The Kier molecular flexibility index (Phi) is 6.31. The van der Waals surface area contributed by atoms with Gasteiger partial charge in [0.15, 0.2) is 0 Å². The van der Waals surface area contributed by atoms with E-state index >= 15 is 0 Å². The van der Waals surface area contributed by atoms with Gasteiger partial charge < -0.3 is 10.2 Å². The molecule has 1 heterocycles. The van der Waals surface area contributed by atoms with Gasteiger partial charge in [-0.2, -0.15) is 0 Å². The van der Waals surface area contributed by atoms with E-state index in [1.165, 1.54) is 51.6 Å². The first-order chi connectivity index (χ1) is 10.4. The van der Waals surface area contributed by atoms with Crippen molar-refractivity contribution >= 4 is 5.91 Å². The molecule has 0 aromatic carbocycles. The molecular formula is C19H36N2O. The van der Waals surface area contributed by atoms with Crippen LogP contribution in [0, 0.1) is 17.3 Å². The summed E-state index contributed by atoms with van der Waals surface area (Å²) in [5, 5.41) is 3.32. The molecule has 22 heavy (non-hydrogen) atoms. The van der Waals surface area contributed by atoms with Crippen LogP contribution in [0.1, 0.15) is 72.6 Å². The van der Waals surface area contributed by atoms with Gasteiger partial charge in [0, 0.05) is 31.1 Å². The predicted molar refractivity (Wildman–Crippen MR) is 92.8 cm³/mol. The van der Waals surface area contributed by atoms with Crippen LogP contribution in [0.15, 0.2) is 0 Å². The number of hydrogen-bond acceptors (Lipinski definition) is 2. The van der Waals surface area contributed by atoms with Gasteiger partial charge in [0.05, 0.1) is 0 Å². The Bertz CT molecular complexity index is 355. The lowest BCUT2D eigenvalue weighted by atomic mass is 9.88. The maximum atomic E-state index is 12.3. The first-order valence-corrected chi connectivity index (χ1v) is 9.41. The molecule has 2 rings (SSSR count). The van der Waals surface area contributed by atoms with Crippen molar-refractivity contribution < 1.29 is 4.79 Å². The molecule has 2 fully saturated rings. The monoisotopic (exact) mass is 308 g/mol. The molecule has 2 atom stereocenters. The Labute approximate surface area is 137 Å². The molecule has 0 aromatic rings. The number of nitrogens with zero attached hydrogens (tertiary/aromatic N) is 1. The highest BCUT2D eigenvalue weighted by Crippen LogP contribution is 2.28. The molecule has 1 amide bonds. The van der Waals surface area contributed by atoms with Crippen molar-refractivity contribution in [3.63, 3.8) is 0 Å². The highest BCUT2D eigenvalue weighted by Gasteiger charge is 2.31. The molecule has 1 N–H and O–H groups in total. The second-order valence-electron chi connectivity index (χ2n) is 8.68. The molecule has 128 valence electrons. The van der Waals surface area contributed by atoms with E-state index in [9.17, 15) is 4.79 Å². The van der Waals surface area contributed by atoms with Crippen LogP contribution in [0.2, 0.25) is 0 Å². The van der Waals surface area contributed by atoms with E-state index in [0.29, 0.717) is 6.04 Å². The summed E-state index contributed by atoms with van der Waals surface area (Å²) in [7, 11) is 0. The van der Waals surface area contributed by atoms with Gasteiger partial charge in [0.2, 0.25) is 5.91 Å². The van der Waals surface area contributed by atoms with Gasteiger partial charge in [-0.1, -0.05) is 47.0 Å². The molecule has 0 spiro atoms. The van der Waals surface area contributed by atoms with Crippen LogP contribution in [-0.4, -0.2) is 36.5 Å². The van der Waals surface area contributed by atoms with Crippen molar-refractivity contribution in [3.8, 4) is 0 Å². The zero-order valence-electron chi connectivity index (χ0n) is 15.2. The van der Waals surface area contributed by atoms with Crippen molar-refractivity contribution in [1.29, 1.82) is 0 Å². The first kappa shape index (κ1) is 17.8. The summed E-state index contributed by atoms with van der Waals surface area (Å²) in [6.45, 7) is 11.8. The largest absolute Gasteiger partial charge is 0.352 e. The summed E-state index contributed by atoms with van der Waals surface area (Å²) in [4.78, 5) is 15.0. The van der Waals surface area contributed by atoms with Gasteiger partial charge >= 0.3 is 0 Å². The van der Waals surface area contributed by atoms with E-state index in [1.807, 2.05) is 20.8 Å². The molecule has 1 aliphatic heterocycles. The van der Waals surface area contributed by atoms with E-state index in [4.69, 9.17) is 0 Å². The number of likely N-dealkylation sites (tertiary alicyclic amines) is 1. The predicted octanol–water partition coefficient (Wildman–Crippen LogP) is 3.83. The first-order valence-electron chi connectivity index (χ1n) is 9.41. The van der Waals surface area contributed by atoms with Gasteiger partial charge in [-0.05, 0) is 37.5 Å². The summed E-state index contributed by atoms with van der Waals surface area (Å²) < 4.78 is 0. The second-order valence-corrected chi connectivity index (χ2v) is 8.68. The summed E-state index contributed by atoms with van der Waals surface area (Å²) in [5.74, 6) is 1.86. The number of carbonyl (C=O) groups excluding carboxylic acids is 1. The van der Waals surface area contributed by atoms with Crippen LogP contribution in [0.5, 0.6) is 0 Å². The molecule has 0 bridgehead atoms. The molecule has 1 saturated carbocycles. The number of rotatable bonds is 5. The molecule has 0 aromatic heterocycles. The van der Waals surface area contributed by atoms with E-state index in [1.54, 1.807) is 0 Å². The van der Waals surface area contributed by atoms with Crippen molar-refractivity contribution in [2.24, 2.45) is 17.3 Å². The normalized spacial score (nSPS) is 28.0. The zero-order chi connectivity index (χ0) is 16.2. The van der Waals surface area contributed by atoms with Gasteiger partial charge in [0.1, 0.15) is 0 Å². The minimum absolute atomic E-state index is 0.204. The van der Waals surface area contributed by atoms with Crippen molar-refractivity contribution in [3.05, 3.63) is 0 Å². The van der Waals surface area contributed by atoms with Crippen LogP contribution in [0.4, 0.5) is 0 Å². The molecule has 3 nitrogen and oxygen atoms in total. The Hall–Kier alpha value is -0.570. The van der Waals surface area contributed by atoms with Crippen molar-refractivity contribution in [2.75, 3.05) is 19.6 Å². The zero-order valence-corrected chi connectivity index (χ0v) is 15.2. The van der Waals surface area contributed by atoms with E-state index in [2.05, 4.69) is 17.1 Å². The lowest BCUT2D eigenvalue weighted by Gasteiger charge is -2.40. The fraction of sp³-hybridized carbons (Fsp3) is 0.947. The Morgan fingerprint density at radius 3 is 2.41 bits per heavy atom. The third-order valence-electron chi connectivity index (χ3n) is 5.32. The summed E-state index contributed by atoms with van der Waals surface area (Å²) >= 11 is 0. The van der Waals surface area contributed by atoms with Gasteiger partial charge in [-0.15, -0.1) is 0 Å². The molecular weight excluding hydrogens is 272 g/mol.